The fraction of sp³-hybridized carbons (Fsp3) is 0.556. The summed E-state index contributed by atoms with van der Waals surface area (Å²) in [5, 5.41) is 7.40. The van der Waals surface area contributed by atoms with Crippen LogP contribution in [0, 0.1) is 6.92 Å². The summed E-state index contributed by atoms with van der Waals surface area (Å²) in [7, 11) is 0. The van der Waals surface area contributed by atoms with Crippen molar-refractivity contribution in [2.75, 3.05) is 13.1 Å². The van der Waals surface area contributed by atoms with Crippen molar-refractivity contribution in [1.29, 1.82) is 0 Å². The summed E-state index contributed by atoms with van der Waals surface area (Å²) in [6, 6.07) is -0.495. The Balaban J connectivity index is 2.24. The first kappa shape index (κ1) is 11.5. The highest BCUT2D eigenvalue weighted by Gasteiger charge is 2.26. The quantitative estimate of drug-likeness (QED) is 0.521. The Labute approximate surface area is 87.8 Å². The highest BCUT2D eigenvalue weighted by atomic mass is 16.2. The molecule has 3 N–H and O–H groups in total. The number of carbonyl (C=O) groups excluding carboxylic acids is 3. The van der Waals surface area contributed by atoms with E-state index in [0.29, 0.717) is 12.8 Å². The van der Waals surface area contributed by atoms with E-state index >= 15 is 0 Å². The van der Waals surface area contributed by atoms with Gasteiger partial charge in [0.2, 0.25) is 17.7 Å². The van der Waals surface area contributed by atoms with Gasteiger partial charge in [0.25, 0.3) is 0 Å². The van der Waals surface area contributed by atoms with E-state index in [9.17, 15) is 14.4 Å². The van der Waals surface area contributed by atoms with Crippen LogP contribution in [0.2, 0.25) is 0 Å². The van der Waals surface area contributed by atoms with Crippen LogP contribution >= 0.6 is 0 Å². The molecular weight excluding hydrogens is 198 g/mol. The van der Waals surface area contributed by atoms with Crippen LogP contribution in [-0.2, 0) is 14.4 Å². The maximum Gasteiger partial charge on any atom is 0.243 e. The van der Waals surface area contributed by atoms with Crippen LogP contribution in [0.3, 0.4) is 0 Å². The number of amides is 3. The zero-order valence-corrected chi connectivity index (χ0v) is 8.34. The third kappa shape index (κ3) is 3.57. The van der Waals surface area contributed by atoms with Gasteiger partial charge in [-0.3, -0.25) is 14.4 Å². The van der Waals surface area contributed by atoms with Gasteiger partial charge in [0.1, 0.15) is 6.04 Å². The molecule has 0 bridgehead atoms. The fourth-order valence-corrected chi connectivity index (χ4v) is 1.30. The summed E-state index contributed by atoms with van der Waals surface area (Å²) < 4.78 is 0. The van der Waals surface area contributed by atoms with Crippen LogP contribution in [0.5, 0.6) is 0 Å². The number of hydrogen-bond donors (Lipinski definition) is 3. The molecule has 6 nitrogen and oxygen atoms in total. The molecule has 0 aliphatic carbocycles. The molecule has 0 aromatic rings. The van der Waals surface area contributed by atoms with Gasteiger partial charge in [-0.1, -0.05) is 0 Å². The second-order valence-corrected chi connectivity index (χ2v) is 3.23. The molecular formula is C9H14N3O3. The first-order chi connectivity index (χ1) is 7.13. The smallest absolute Gasteiger partial charge is 0.243 e. The maximum absolute atomic E-state index is 11.4. The summed E-state index contributed by atoms with van der Waals surface area (Å²) in [6.45, 7) is 3.64. The number of hydrogen-bond acceptors (Lipinski definition) is 3. The van der Waals surface area contributed by atoms with E-state index in [1.165, 1.54) is 0 Å². The van der Waals surface area contributed by atoms with Crippen molar-refractivity contribution in [2.45, 2.75) is 18.9 Å². The Morgan fingerprint density at radius 1 is 1.47 bits per heavy atom. The van der Waals surface area contributed by atoms with Gasteiger partial charge in [0, 0.05) is 13.0 Å². The Hall–Kier alpha value is -1.59. The predicted molar refractivity (Wildman–Crippen MR) is 52.5 cm³/mol. The van der Waals surface area contributed by atoms with Crippen LogP contribution in [0.1, 0.15) is 12.8 Å². The molecule has 1 rings (SSSR count). The first-order valence-corrected chi connectivity index (χ1v) is 4.76. The maximum atomic E-state index is 11.4. The van der Waals surface area contributed by atoms with E-state index in [-0.39, 0.29) is 30.8 Å². The molecule has 1 aliphatic heterocycles. The van der Waals surface area contributed by atoms with Crippen LogP contribution in [-0.4, -0.2) is 36.9 Å². The van der Waals surface area contributed by atoms with Crippen molar-refractivity contribution in [3.05, 3.63) is 6.92 Å². The molecule has 1 fully saturated rings. The van der Waals surface area contributed by atoms with Crippen LogP contribution in [0.15, 0.2) is 0 Å². The molecule has 1 aliphatic rings. The van der Waals surface area contributed by atoms with Gasteiger partial charge in [-0.25, -0.2) is 0 Å². The van der Waals surface area contributed by atoms with Crippen LogP contribution in [0.25, 0.3) is 0 Å². The van der Waals surface area contributed by atoms with E-state index in [1.54, 1.807) is 0 Å². The van der Waals surface area contributed by atoms with E-state index in [1.807, 2.05) is 0 Å². The minimum absolute atomic E-state index is 0.0826. The number of carbonyl (C=O) groups is 3. The van der Waals surface area contributed by atoms with Gasteiger partial charge >= 0.3 is 0 Å². The second kappa shape index (κ2) is 5.33. The second-order valence-electron chi connectivity index (χ2n) is 3.23. The molecule has 0 aromatic heterocycles. The highest BCUT2D eigenvalue weighted by molar-refractivity contribution is 5.92. The lowest BCUT2D eigenvalue weighted by Gasteiger charge is -2.10. The monoisotopic (exact) mass is 212 g/mol. The van der Waals surface area contributed by atoms with Crippen molar-refractivity contribution in [3.63, 3.8) is 0 Å². The fourth-order valence-electron chi connectivity index (χ4n) is 1.30. The van der Waals surface area contributed by atoms with Gasteiger partial charge in [0.05, 0.1) is 6.54 Å². The van der Waals surface area contributed by atoms with Gasteiger partial charge in [-0.2, -0.15) is 0 Å². The third-order valence-electron chi connectivity index (χ3n) is 2.06. The Morgan fingerprint density at radius 3 is 2.73 bits per heavy atom. The molecule has 83 valence electrons. The topological polar surface area (TPSA) is 87.3 Å². The molecule has 0 aromatic carbocycles. The van der Waals surface area contributed by atoms with E-state index in [0.717, 1.165) is 0 Å². The van der Waals surface area contributed by atoms with Gasteiger partial charge in [-0.15, -0.1) is 0 Å². The Bertz CT molecular complexity index is 278. The average Bonchev–Trinajstić information content (AvgIpc) is 2.62. The van der Waals surface area contributed by atoms with Crippen LogP contribution < -0.4 is 16.0 Å². The van der Waals surface area contributed by atoms with Crippen molar-refractivity contribution in [1.82, 2.24) is 16.0 Å². The lowest BCUT2D eigenvalue weighted by molar-refractivity contribution is -0.128. The van der Waals surface area contributed by atoms with E-state index in [4.69, 9.17) is 0 Å². The molecule has 1 atom stereocenters. The van der Waals surface area contributed by atoms with Crippen molar-refractivity contribution >= 4 is 17.7 Å². The molecule has 0 spiro atoms. The van der Waals surface area contributed by atoms with Gasteiger partial charge in [0.15, 0.2) is 0 Å². The average molecular weight is 212 g/mol. The summed E-state index contributed by atoms with van der Waals surface area (Å²) in [5.74, 6) is -0.736. The van der Waals surface area contributed by atoms with Crippen molar-refractivity contribution < 1.29 is 14.4 Å². The summed E-state index contributed by atoms with van der Waals surface area (Å²) in [6.07, 6.45) is 0.852. The molecule has 0 unspecified atom stereocenters. The minimum atomic E-state index is -0.495. The van der Waals surface area contributed by atoms with Gasteiger partial charge < -0.3 is 16.0 Å². The molecule has 1 saturated heterocycles. The summed E-state index contributed by atoms with van der Waals surface area (Å²) in [5.41, 5.74) is 0. The molecule has 1 radical (unpaired) electrons. The molecule has 0 saturated carbocycles. The molecule has 15 heavy (non-hydrogen) atoms. The summed E-state index contributed by atoms with van der Waals surface area (Å²) in [4.78, 5) is 33.2. The predicted octanol–water partition coefficient (Wildman–Crippen LogP) is -1.67. The summed E-state index contributed by atoms with van der Waals surface area (Å²) >= 11 is 0. The lowest BCUT2D eigenvalue weighted by Crippen LogP contribution is -2.45. The number of nitrogens with one attached hydrogen (secondary N) is 3. The molecule has 6 heteroatoms. The zero-order valence-electron chi connectivity index (χ0n) is 8.34. The molecule has 1 heterocycles. The van der Waals surface area contributed by atoms with E-state index < -0.39 is 6.04 Å². The normalized spacial score (nSPS) is 19.5. The third-order valence-corrected chi connectivity index (χ3v) is 2.06. The van der Waals surface area contributed by atoms with Gasteiger partial charge in [-0.05, 0) is 13.3 Å². The molecule has 3 amide bonds. The van der Waals surface area contributed by atoms with Crippen molar-refractivity contribution in [3.8, 4) is 0 Å². The Kier molecular flexibility index (Phi) is 4.08. The SMILES string of the molecule is [CH2]CNC(=O)CNC(=O)[C@@H]1CCC(=O)N1. The standard InChI is InChI=1S/C9H14N3O3/c1-2-10-8(14)5-11-9(15)6-3-4-7(13)12-6/h6H,1-5H2,(H,10,14)(H,11,15)(H,12,13)/t6-/m0/s1. The highest BCUT2D eigenvalue weighted by Crippen LogP contribution is 2.05. The first-order valence-electron chi connectivity index (χ1n) is 4.76. The Morgan fingerprint density at radius 2 is 2.20 bits per heavy atom. The largest absolute Gasteiger partial charge is 0.355 e. The lowest BCUT2D eigenvalue weighted by atomic mass is 10.2. The number of rotatable bonds is 4. The van der Waals surface area contributed by atoms with Crippen LogP contribution in [0.4, 0.5) is 0 Å². The minimum Gasteiger partial charge on any atom is -0.355 e. The zero-order chi connectivity index (χ0) is 11.3. The van der Waals surface area contributed by atoms with Crippen molar-refractivity contribution in [2.24, 2.45) is 0 Å². The van der Waals surface area contributed by atoms with E-state index in [2.05, 4.69) is 22.9 Å².